The Bertz CT molecular complexity index is 1670. The van der Waals surface area contributed by atoms with Crippen molar-refractivity contribution in [3.63, 3.8) is 0 Å². The number of carboxylic acid groups (broad SMARTS) is 1. The fourth-order valence-electron chi connectivity index (χ4n) is 6.84. The third-order valence-electron chi connectivity index (χ3n) is 9.61. The molecule has 4 saturated carbocycles. The third-order valence-corrected chi connectivity index (χ3v) is 9.61. The smallest absolute Gasteiger partial charge is 0.417 e. The van der Waals surface area contributed by atoms with E-state index < -0.39 is 17.7 Å². The van der Waals surface area contributed by atoms with E-state index in [4.69, 9.17) is 14.0 Å². The molecule has 4 aliphatic rings. The predicted octanol–water partition coefficient (Wildman–Crippen LogP) is 8.17. The molecule has 43 heavy (non-hydrogen) atoms. The number of hydrogen-bond donors (Lipinski definition) is 1. The molecule has 0 saturated heterocycles. The Kier molecular flexibility index (Phi) is 6.72. The van der Waals surface area contributed by atoms with E-state index in [9.17, 15) is 23.1 Å². The number of pyridine rings is 1. The maximum absolute atomic E-state index is 13.8. The molecule has 0 amide bonds. The summed E-state index contributed by atoms with van der Waals surface area (Å²) < 4.78 is 60.1. The molecule has 0 spiro atoms. The van der Waals surface area contributed by atoms with Gasteiger partial charge in [-0.15, -0.1) is 0 Å². The Morgan fingerprint density at radius 1 is 1.00 bits per heavy atom. The molecule has 10 heteroatoms. The summed E-state index contributed by atoms with van der Waals surface area (Å²) in [5, 5.41) is 14.2. The van der Waals surface area contributed by atoms with E-state index in [-0.39, 0.29) is 40.4 Å². The van der Waals surface area contributed by atoms with E-state index in [1.165, 1.54) is 12.1 Å². The second kappa shape index (κ2) is 10.4. The molecule has 2 heterocycles. The lowest BCUT2D eigenvalue weighted by atomic mass is 9.59. The Labute approximate surface area is 246 Å². The number of aromatic nitrogens is 2. The third kappa shape index (κ3) is 5.15. The van der Waals surface area contributed by atoms with Crippen LogP contribution in [-0.2, 0) is 17.5 Å². The average Bonchev–Trinajstić information content (AvgIpc) is 3.78. The highest BCUT2D eigenvalue weighted by molar-refractivity contribution is 6.04. The first-order chi connectivity index (χ1) is 20.7. The SMILES string of the molecule is O=C(O)c1ccc(OCC23CCC(OCc4c(-c5ccccc5C(F)(F)F)noc4C4CC4)(CC2)CC3)c2ncccc12. The largest absolute Gasteiger partial charge is 0.491 e. The molecule has 1 N–H and O–H groups in total. The number of rotatable bonds is 9. The number of aromatic carboxylic acids is 1. The van der Waals surface area contributed by atoms with E-state index in [0.29, 0.717) is 34.6 Å². The van der Waals surface area contributed by atoms with Crippen molar-refractivity contribution in [1.29, 1.82) is 0 Å². The highest BCUT2D eigenvalue weighted by Crippen LogP contribution is 2.55. The van der Waals surface area contributed by atoms with Crippen LogP contribution in [0.15, 0.2) is 59.3 Å². The van der Waals surface area contributed by atoms with Crippen LogP contribution < -0.4 is 4.74 Å². The van der Waals surface area contributed by atoms with Gasteiger partial charge in [0.25, 0.3) is 0 Å². The van der Waals surface area contributed by atoms with Crippen LogP contribution in [0.4, 0.5) is 13.2 Å². The van der Waals surface area contributed by atoms with Crippen molar-refractivity contribution in [3.8, 4) is 17.0 Å². The summed E-state index contributed by atoms with van der Waals surface area (Å²) in [6.07, 6.45) is 4.15. The average molecular weight is 593 g/mol. The number of hydrogen-bond acceptors (Lipinski definition) is 6. The van der Waals surface area contributed by atoms with Gasteiger partial charge in [0.1, 0.15) is 22.7 Å². The van der Waals surface area contributed by atoms with E-state index >= 15 is 0 Å². The minimum atomic E-state index is -4.51. The second-order valence-electron chi connectivity index (χ2n) is 12.3. The first kappa shape index (κ1) is 27.9. The van der Waals surface area contributed by atoms with Gasteiger partial charge in [0.2, 0.25) is 0 Å². The van der Waals surface area contributed by atoms with E-state index in [1.807, 2.05) is 0 Å². The molecule has 0 atom stereocenters. The zero-order valence-corrected chi connectivity index (χ0v) is 23.5. The van der Waals surface area contributed by atoms with Gasteiger partial charge in [-0.2, -0.15) is 13.2 Å². The van der Waals surface area contributed by atoms with Gasteiger partial charge in [-0.25, -0.2) is 4.79 Å². The second-order valence-corrected chi connectivity index (χ2v) is 12.3. The molecule has 2 aromatic heterocycles. The Hall–Kier alpha value is -3.92. The summed E-state index contributed by atoms with van der Waals surface area (Å²) in [5.41, 5.74) is 0.483. The van der Waals surface area contributed by atoms with Gasteiger partial charge in [0, 0.05) is 34.0 Å². The molecular weight excluding hydrogens is 561 g/mol. The standard InChI is InChI=1S/C33H31F3N2O5/c34-33(35,36)25-6-2-1-4-23(25)27-24(29(43-38-27)20-7-8-20)18-42-32-14-11-31(12-15-32,13-16-32)19-41-26-10-9-22(30(39)40)21-5-3-17-37-28(21)26/h1-6,9-10,17,20H,7-8,11-16,18-19H2,(H,39,40). The van der Waals surface area contributed by atoms with Crippen molar-refractivity contribution in [1.82, 2.24) is 10.1 Å². The molecule has 4 aliphatic carbocycles. The number of ether oxygens (including phenoxy) is 2. The van der Waals surface area contributed by atoms with E-state index in [0.717, 1.165) is 57.4 Å². The predicted molar refractivity (Wildman–Crippen MR) is 151 cm³/mol. The zero-order chi connectivity index (χ0) is 29.8. The Morgan fingerprint density at radius 3 is 2.44 bits per heavy atom. The lowest BCUT2D eigenvalue weighted by molar-refractivity contribution is -0.150. The lowest BCUT2D eigenvalue weighted by Crippen LogP contribution is -2.49. The maximum atomic E-state index is 13.8. The monoisotopic (exact) mass is 592 g/mol. The molecule has 0 aliphatic heterocycles. The van der Waals surface area contributed by atoms with Crippen LogP contribution >= 0.6 is 0 Å². The first-order valence-electron chi connectivity index (χ1n) is 14.7. The van der Waals surface area contributed by atoms with Gasteiger partial charge in [0.15, 0.2) is 0 Å². The highest BCUT2D eigenvalue weighted by Gasteiger charge is 2.50. The van der Waals surface area contributed by atoms with Crippen molar-refractivity contribution in [3.05, 3.63) is 77.2 Å². The van der Waals surface area contributed by atoms with Gasteiger partial charge in [-0.3, -0.25) is 4.98 Å². The summed E-state index contributed by atoms with van der Waals surface area (Å²) in [4.78, 5) is 16.1. The summed E-state index contributed by atoms with van der Waals surface area (Å²) in [7, 11) is 0. The van der Waals surface area contributed by atoms with Crippen LogP contribution in [0.1, 0.15) is 84.5 Å². The molecule has 4 fully saturated rings. The van der Waals surface area contributed by atoms with Gasteiger partial charge in [-0.05, 0) is 75.6 Å². The number of carbonyl (C=O) groups is 1. The van der Waals surface area contributed by atoms with Gasteiger partial charge >= 0.3 is 12.1 Å². The minimum absolute atomic E-state index is 0.0172. The molecule has 7 nitrogen and oxygen atoms in total. The molecule has 2 bridgehead atoms. The van der Waals surface area contributed by atoms with E-state index in [2.05, 4.69) is 10.1 Å². The van der Waals surface area contributed by atoms with Crippen LogP contribution in [0.3, 0.4) is 0 Å². The summed E-state index contributed by atoms with van der Waals surface area (Å²) in [6, 6.07) is 12.2. The van der Waals surface area contributed by atoms with Crippen LogP contribution in [0.2, 0.25) is 0 Å². The molecule has 4 aromatic rings. The van der Waals surface area contributed by atoms with Crippen molar-refractivity contribution in [2.24, 2.45) is 5.41 Å². The minimum Gasteiger partial charge on any atom is -0.491 e. The number of benzene rings is 2. The van der Waals surface area contributed by atoms with Crippen LogP contribution in [0.25, 0.3) is 22.2 Å². The summed E-state index contributed by atoms with van der Waals surface area (Å²) in [5.74, 6) is 0.382. The van der Waals surface area contributed by atoms with Crippen molar-refractivity contribution < 1.29 is 37.1 Å². The van der Waals surface area contributed by atoms with Gasteiger partial charge in [0.05, 0.1) is 29.9 Å². The first-order valence-corrected chi connectivity index (χ1v) is 14.7. The number of alkyl halides is 3. The quantitative estimate of drug-likeness (QED) is 0.209. The maximum Gasteiger partial charge on any atom is 0.417 e. The van der Waals surface area contributed by atoms with E-state index in [1.54, 1.807) is 36.5 Å². The fraction of sp³-hybridized carbons (Fsp3) is 0.424. The molecule has 2 aromatic carbocycles. The number of fused-ring (bicyclic) bond motifs is 4. The van der Waals surface area contributed by atoms with Crippen molar-refractivity contribution in [2.75, 3.05) is 6.61 Å². The summed E-state index contributed by atoms with van der Waals surface area (Å²) >= 11 is 0. The molecule has 0 unspecified atom stereocenters. The molecule has 0 radical (unpaired) electrons. The van der Waals surface area contributed by atoms with Gasteiger partial charge < -0.3 is 19.1 Å². The lowest BCUT2D eigenvalue weighted by Gasteiger charge is -2.52. The highest BCUT2D eigenvalue weighted by atomic mass is 19.4. The Morgan fingerprint density at radius 2 is 1.74 bits per heavy atom. The zero-order valence-electron chi connectivity index (χ0n) is 23.5. The topological polar surface area (TPSA) is 94.7 Å². The van der Waals surface area contributed by atoms with Crippen molar-refractivity contribution >= 4 is 16.9 Å². The van der Waals surface area contributed by atoms with Gasteiger partial charge in [-0.1, -0.05) is 29.4 Å². The van der Waals surface area contributed by atoms with Crippen LogP contribution in [-0.4, -0.2) is 33.4 Å². The molecular formula is C33H31F3N2O5. The Balaban J connectivity index is 1.06. The number of carboxylic acids is 1. The molecule has 8 rings (SSSR count). The number of nitrogens with zero attached hydrogens (tertiary/aromatic N) is 2. The number of halogens is 3. The van der Waals surface area contributed by atoms with Crippen LogP contribution in [0.5, 0.6) is 5.75 Å². The normalized spacial score (nSPS) is 23.5. The summed E-state index contributed by atoms with van der Waals surface area (Å²) in [6.45, 7) is 0.658. The molecule has 224 valence electrons. The van der Waals surface area contributed by atoms with Crippen molar-refractivity contribution in [2.45, 2.75) is 75.7 Å². The fourth-order valence-corrected chi connectivity index (χ4v) is 6.84. The van der Waals surface area contributed by atoms with Crippen LogP contribution in [0, 0.1) is 5.41 Å².